The van der Waals surface area contributed by atoms with Gasteiger partial charge in [0.15, 0.2) is 0 Å². The molecule has 0 spiro atoms. The third-order valence-electron chi connectivity index (χ3n) is 1.17. The van der Waals surface area contributed by atoms with Gasteiger partial charge in [-0.2, -0.15) is 0 Å². The van der Waals surface area contributed by atoms with Gasteiger partial charge in [0, 0.05) is 18.4 Å². The van der Waals surface area contributed by atoms with Gasteiger partial charge in [0.2, 0.25) is 0 Å². The van der Waals surface area contributed by atoms with Crippen LogP contribution in [0.3, 0.4) is 0 Å². The van der Waals surface area contributed by atoms with Crippen LogP contribution in [-0.4, -0.2) is 5.87 Å². The SMILES string of the molecule is CC(C)CC1=CC=C=NO1. The second-order valence-electron chi connectivity index (χ2n) is 2.71. The zero-order chi connectivity index (χ0) is 7.40. The average molecular weight is 137 g/mol. The van der Waals surface area contributed by atoms with Crippen molar-refractivity contribution in [2.45, 2.75) is 20.3 Å². The third kappa shape index (κ3) is 2.08. The minimum atomic E-state index is 0.618. The highest BCUT2D eigenvalue weighted by atomic mass is 16.6. The van der Waals surface area contributed by atoms with Crippen LogP contribution in [-0.2, 0) is 4.84 Å². The van der Waals surface area contributed by atoms with Gasteiger partial charge in [-0.3, -0.25) is 0 Å². The Balaban J connectivity index is 2.45. The fraction of sp³-hybridized carbons (Fsp3) is 0.500. The fourth-order valence-corrected chi connectivity index (χ4v) is 0.784. The van der Waals surface area contributed by atoms with Gasteiger partial charge in [0.1, 0.15) is 5.76 Å². The van der Waals surface area contributed by atoms with Crippen LogP contribution >= 0.6 is 0 Å². The molecule has 0 fully saturated rings. The molecule has 0 aromatic rings. The first kappa shape index (κ1) is 7.10. The van der Waals surface area contributed by atoms with Crippen LogP contribution < -0.4 is 0 Å². The molecule has 0 saturated carbocycles. The maximum absolute atomic E-state index is 4.93. The molecule has 0 bridgehead atoms. The van der Waals surface area contributed by atoms with Crippen molar-refractivity contribution in [2.75, 3.05) is 0 Å². The largest absolute Gasteiger partial charge is 0.353 e. The Kier molecular flexibility index (Phi) is 2.30. The van der Waals surface area contributed by atoms with Gasteiger partial charge in [-0.1, -0.05) is 13.8 Å². The fourth-order valence-electron chi connectivity index (χ4n) is 0.784. The summed E-state index contributed by atoms with van der Waals surface area (Å²) < 4.78 is 0. The standard InChI is InChI=1S/C8H11NO/c1-7(2)6-8-4-3-5-9-10-8/h3-4,7H,6H2,1-2H3. The second kappa shape index (κ2) is 3.23. The summed E-state index contributed by atoms with van der Waals surface area (Å²) in [5.41, 5.74) is 0. The first-order chi connectivity index (χ1) is 4.79. The predicted molar refractivity (Wildman–Crippen MR) is 40.6 cm³/mol. The highest BCUT2D eigenvalue weighted by Gasteiger charge is 2.02. The van der Waals surface area contributed by atoms with Crippen LogP contribution in [0.4, 0.5) is 0 Å². The van der Waals surface area contributed by atoms with Gasteiger partial charge in [-0.15, -0.1) is 0 Å². The summed E-state index contributed by atoms with van der Waals surface area (Å²) in [6.07, 6.45) is 4.61. The number of hydrogen-bond donors (Lipinski definition) is 0. The quantitative estimate of drug-likeness (QED) is 0.571. The lowest BCUT2D eigenvalue weighted by Crippen LogP contribution is -1.94. The molecule has 0 unspecified atom stereocenters. The average Bonchev–Trinajstić information content (AvgIpc) is 1.88. The van der Waals surface area contributed by atoms with Crippen LogP contribution in [0.15, 0.2) is 23.1 Å². The summed E-state index contributed by atoms with van der Waals surface area (Å²) in [6, 6.07) is 0. The van der Waals surface area contributed by atoms with E-state index in [1.807, 2.05) is 6.08 Å². The first-order valence-corrected chi connectivity index (χ1v) is 3.44. The summed E-state index contributed by atoms with van der Waals surface area (Å²) in [4.78, 5) is 4.93. The molecule has 0 atom stereocenters. The number of hydrogen-bond acceptors (Lipinski definition) is 2. The maximum atomic E-state index is 4.93. The number of nitrogens with zero attached hydrogens (tertiary/aromatic N) is 1. The van der Waals surface area contributed by atoms with E-state index < -0.39 is 0 Å². The maximum Gasteiger partial charge on any atom is 0.136 e. The summed E-state index contributed by atoms with van der Waals surface area (Å²) in [5, 5.41) is 3.54. The molecule has 0 aliphatic carbocycles. The van der Waals surface area contributed by atoms with Crippen LogP contribution in [0.25, 0.3) is 0 Å². The Morgan fingerprint density at radius 1 is 1.70 bits per heavy atom. The van der Waals surface area contributed by atoms with Crippen LogP contribution in [0.2, 0.25) is 0 Å². The Labute approximate surface area is 60.9 Å². The van der Waals surface area contributed by atoms with E-state index in [4.69, 9.17) is 4.84 Å². The Hall–Kier alpha value is -1.01. The van der Waals surface area contributed by atoms with E-state index in [0.717, 1.165) is 12.2 Å². The summed E-state index contributed by atoms with van der Waals surface area (Å²) in [6.45, 7) is 4.29. The van der Waals surface area contributed by atoms with Gasteiger partial charge in [-0.25, -0.2) is 0 Å². The van der Waals surface area contributed by atoms with Gasteiger partial charge in [0.05, 0.1) is 0 Å². The normalized spacial score (nSPS) is 15.3. The van der Waals surface area contributed by atoms with E-state index in [0.29, 0.717) is 5.92 Å². The molecule has 2 nitrogen and oxygen atoms in total. The molecule has 0 N–H and O–H groups in total. The van der Waals surface area contributed by atoms with E-state index in [2.05, 4.69) is 24.9 Å². The molecule has 1 rings (SSSR count). The zero-order valence-corrected chi connectivity index (χ0v) is 6.29. The second-order valence-corrected chi connectivity index (χ2v) is 2.71. The van der Waals surface area contributed by atoms with Gasteiger partial charge in [-0.05, 0) is 17.1 Å². The Morgan fingerprint density at radius 2 is 2.50 bits per heavy atom. The molecule has 0 aromatic heterocycles. The van der Waals surface area contributed by atoms with Crippen molar-refractivity contribution in [3.05, 3.63) is 17.9 Å². The number of allylic oxidation sites excluding steroid dienone is 3. The van der Waals surface area contributed by atoms with E-state index in [1.165, 1.54) is 0 Å². The smallest absolute Gasteiger partial charge is 0.136 e. The summed E-state index contributed by atoms with van der Waals surface area (Å²) >= 11 is 0. The first-order valence-electron chi connectivity index (χ1n) is 3.44. The topological polar surface area (TPSA) is 21.6 Å². The third-order valence-corrected chi connectivity index (χ3v) is 1.17. The lowest BCUT2D eigenvalue weighted by atomic mass is 10.1. The minimum Gasteiger partial charge on any atom is -0.353 e. The van der Waals surface area contributed by atoms with Crippen molar-refractivity contribution in [3.63, 3.8) is 0 Å². The highest BCUT2D eigenvalue weighted by molar-refractivity contribution is 5.55. The zero-order valence-electron chi connectivity index (χ0n) is 6.29. The van der Waals surface area contributed by atoms with Crippen LogP contribution in [0, 0.1) is 5.92 Å². The Bertz CT molecular complexity index is 197. The van der Waals surface area contributed by atoms with Gasteiger partial charge in [0.25, 0.3) is 0 Å². The molecule has 2 heteroatoms. The lowest BCUT2D eigenvalue weighted by molar-refractivity contribution is 0.209. The molecule has 1 aliphatic rings. The van der Waals surface area contributed by atoms with E-state index in [-0.39, 0.29) is 0 Å². The van der Waals surface area contributed by atoms with E-state index in [9.17, 15) is 0 Å². The Morgan fingerprint density at radius 3 is 3.00 bits per heavy atom. The molecular weight excluding hydrogens is 126 g/mol. The van der Waals surface area contributed by atoms with E-state index in [1.54, 1.807) is 6.08 Å². The van der Waals surface area contributed by atoms with Crippen molar-refractivity contribution in [2.24, 2.45) is 11.1 Å². The molecule has 0 aromatic carbocycles. The van der Waals surface area contributed by atoms with Crippen LogP contribution in [0.5, 0.6) is 0 Å². The molecule has 10 heavy (non-hydrogen) atoms. The van der Waals surface area contributed by atoms with Crippen molar-refractivity contribution in [3.8, 4) is 0 Å². The molecule has 1 heterocycles. The lowest BCUT2D eigenvalue weighted by Gasteiger charge is -2.06. The molecule has 54 valence electrons. The van der Waals surface area contributed by atoms with Crippen molar-refractivity contribution >= 4 is 5.87 Å². The molecular formula is C8H11NO. The van der Waals surface area contributed by atoms with Gasteiger partial charge >= 0.3 is 0 Å². The van der Waals surface area contributed by atoms with Crippen LogP contribution in [0.1, 0.15) is 20.3 Å². The molecule has 0 radical (unpaired) electrons. The highest BCUT2D eigenvalue weighted by Crippen LogP contribution is 2.12. The number of rotatable bonds is 2. The van der Waals surface area contributed by atoms with Crippen molar-refractivity contribution in [1.29, 1.82) is 0 Å². The monoisotopic (exact) mass is 137 g/mol. The molecule has 0 amide bonds. The van der Waals surface area contributed by atoms with Crippen molar-refractivity contribution in [1.82, 2.24) is 0 Å². The van der Waals surface area contributed by atoms with Gasteiger partial charge < -0.3 is 4.84 Å². The molecule has 0 saturated heterocycles. The van der Waals surface area contributed by atoms with Crippen molar-refractivity contribution < 1.29 is 4.84 Å². The van der Waals surface area contributed by atoms with E-state index >= 15 is 0 Å². The molecule has 1 aliphatic heterocycles. The summed E-state index contributed by atoms with van der Waals surface area (Å²) in [7, 11) is 0. The minimum absolute atomic E-state index is 0.618. The summed E-state index contributed by atoms with van der Waals surface area (Å²) in [5.74, 6) is 4.13. The predicted octanol–water partition coefficient (Wildman–Crippen LogP) is 2.09.